The van der Waals surface area contributed by atoms with Gasteiger partial charge in [-0.1, -0.05) is 51.9 Å². The third-order valence-electron chi connectivity index (χ3n) is 3.95. The number of carbonyl (C=O) groups excluding carboxylic acids is 2. The van der Waals surface area contributed by atoms with Crippen LogP contribution < -0.4 is 0 Å². The van der Waals surface area contributed by atoms with Crippen LogP contribution in [0.2, 0.25) is 0 Å². The van der Waals surface area contributed by atoms with Gasteiger partial charge in [0.25, 0.3) is 0 Å². The summed E-state index contributed by atoms with van der Waals surface area (Å²) in [5, 5.41) is 8.54. The quantitative estimate of drug-likeness (QED) is 0.244. The van der Waals surface area contributed by atoms with E-state index in [9.17, 15) is 14.4 Å². The molecule has 0 aromatic carbocycles. The summed E-state index contributed by atoms with van der Waals surface area (Å²) in [6.45, 7) is 3.39. The number of ether oxygens (including phenoxy) is 1. The van der Waals surface area contributed by atoms with Crippen LogP contribution >= 0.6 is 0 Å². The number of carboxylic acids is 1. The van der Waals surface area contributed by atoms with Gasteiger partial charge in [0, 0.05) is 19.8 Å². The zero-order chi connectivity index (χ0) is 18.9. The summed E-state index contributed by atoms with van der Waals surface area (Å²) in [6.07, 6.45) is 13.5. The molecule has 0 aliphatic rings. The van der Waals surface area contributed by atoms with Gasteiger partial charge >= 0.3 is 11.9 Å². The standard InChI is InChI=1S/C20H34O5/c1-3-12-19(25-17(2)21)16-15-18(22)13-10-8-6-4-5-7-9-11-14-20(23)24/h15-16,19H,3-14H2,1-2H3,(H,23,24)/b16-15+/t19-/m0/s1. The minimum atomic E-state index is -0.715. The second kappa shape index (κ2) is 15.9. The molecule has 1 N–H and O–H groups in total. The van der Waals surface area contributed by atoms with Crippen LogP contribution in [0.1, 0.15) is 90.9 Å². The van der Waals surface area contributed by atoms with Crippen LogP contribution in [0.4, 0.5) is 0 Å². The molecule has 0 aliphatic carbocycles. The smallest absolute Gasteiger partial charge is 0.303 e. The molecule has 1 atom stereocenters. The third kappa shape index (κ3) is 17.0. The molecule has 0 aromatic heterocycles. The van der Waals surface area contributed by atoms with Gasteiger partial charge in [0.1, 0.15) is 6.10 Å². The first-order chi connectivity index (χ1) is 12.0. The topological polar surface area (TPSA) is 80.7 Å². The van der Waals surface area contributed by atoms with Crippen molar-refractivity contribution in [3.05, 3.63) is 12.2 Å². The molecule has 0 spiro atoms. The maximum atomic E-state index is 11.8. The molecular formula is C20H34O5. The van der Waals surface area contributed by atoms with E-state index in [1.165, 1.54) is 6.92 Å². The fraction of sp³-hybridized carbons (Fsp3) is 0.750. The highest BCUT2D eigenvalue weighted by atomic mass is 16.5. The maximum Gasteiger partial charge on any atom is 0.303 e. The number of carbonyl (C=O) groups is 3. The van der Waals surface area contributed by atoms with Crippen molar-refractivity contribution in [1.29, 1.82) is 0 Å². The average Bonchev–Trinajstić information content (AvgIpc) is 2.53. The van der Waals surface area contributed by atoms with Gasteiger partial charge in [-0.3, -0.25) is 14.4 Å². The minimum Gasteiger partial charge on any atom is -0.481 e. The number of hydrogen-bond donors (Lipinski definition) is 1. The van der Waals surface area contributed by atoms with Crippen LogP contribution in [0.15, 0.2) is 12.2 Å². The van der Waals surface area contributed by atoms with Gasteiger partial charge in [0.15, 0.2) is 5.78 Å². The largest absolute Gasteiger partial charge is 0.481 e. The second-order valence-corrected chi connectivity index (χ2v) is 6.48. The third-order valence-corrected chi connectivity index (χ3v) is 3.95. The lowest BCUT2D eigenvalue weighted by atomic mass is 10.0. The average molecular weight is 354 g/mol. The van der Waals surface area contributed by atoms with E-state index >= 15 is 0 Å². The van der Waals surface area contributed by atoms with Gasteiger partial charge in [0.05, 0.1) is 0 Å². The van der Waals surface area contributed by atoms with Gasteiger partial charge in [-0.05, 0) is 31.4 Å². The molecule has 0 heterocycles. The van der Waals surface area contributed by atoms with Crippen molar-refractivity contribution >= 4 is 17.7 Å². The highest BCUT2D eigenvalue weighted by Crippen LogP contribution is 2.11. The van der Waals surface area contributed by atoms with E-state index in [4.69, 9.17) is 9.84 Å². The molecular weight excluding hydrogens is 320 g/mol. The van der Waals surface area contributed by atoms with Gasteiger partial charge in [-0.2, -0.15) is 0 Å². The normalized spacial score (nSPS) is 12.2. The van der Waals surface area contributed by atoms with Gasteiger partial charge in [-0.25, -0.2) is 0 Å². The first kappa shape index (κ1) is 23.4. The Morgan fingerprint density at radius 3 is 1.92 bits per heavy atom. The zero-order valence-corrected chi connectivity index (χ0v) is 15.8. The van der Waals surface area contributed by atoms with Gasteiger partial charge in [0.2, 0.25) is 0 Å². The number of aliphatic carboxylic acids is 1. The van der Waals surface area contributed by atoms with Crippen molar-refractivity contribution in [3.63, 3.8) is 0 Å². The van der Waals surface area contributed by atoms with E-state index in [0.29, 0.717) is 6.42 Å². The molecule has 0 unspecified atom stereocenters. The summed E-state index contributed by atoms with van der Waals surface area (Å²) < 4.78 is 5.14. The monoisotopic (exact) mass is 354 g/mol. The van der Waals surface area contributed by atoms with E-state index in [2.05, 4.69) is 0 Å². The minimum absolute atomic E-state index is 0.0851. The molecule has 0 aromatic rings. The number of esters is 1. The van der Waals surface area contributed by atoms with Gasteiger partial charge < -0.3 is 9.84 Å². The first-order valence-corrected chi connectivity index (χ1v) is 9.55. The Morgan fingerprint density at radius 1 is 0.920 bits per heavy atom. The second-order valence-electron chi connectivity index (χ2n) is 6.48. The van der Waals surface area contributed by atoms with Crippen LogP contribution in [0.3, 0.4) is 0 Å². The summed E-state index contributed by atoms with van der Waals surface area (Å²) >= 11 is 0. The molecule has 0 fully saturated rings. The predicted molar refractivity (Wildman–Crippen MR) is 98.4 cm³/mol. The van der Waals surface area contributed by atoms with Crippen molar-refractivity contribution in [2.45, 2.75) is 97.0 Å². The Balaban J connectivity index is 3.64. The van der Waals surface area contributed by atoms with E-state index in [1.54, 1.807) is 12.2 Å². The maximum absolute atomic E-state index is 11.8. The molecule has 0 aliphatic heterocycles. The lowest BCUT2D eigenvalue weighted by Gasteiger charge is -2.11. The van der Waals surface area contributed by atoms with Crippen LogP contribution in [-0.4, -0.2) is 28.9 Å². The molecule has 5 nitrogen and oxygen atoms in total. The van der Waals surface area contributed by atoms with Crippen molar-refractivity contribution < 1.29 is 24.2 Å². The van der Waals surface area contributed by atoms with E-state index in [-0.39, 0.29) is 24.3 Å². The summed E-state index contributed by atoms with van der Waals surface area (Å²) in [5.74, 6) is -0.951. The zero-order valence-electron chi connectivity index (χ0n) is 15.8. The number of unbranched alkanes of at least 4 members (excludes halogenated alkanes) is 7. The fourth-order valence-electron chi connectivity index (χ4n) is 2.63. The Bertz CT molecular complexity index is 414. The summed E-state index contributed by atoms with van der Waals surface area (Å²) in [5.41, 5.74) is 0. The first-order valence-electron chi connectivity index (χ1n) is 9.55. The molecule has 25 heavy (non-hydrogen) atoms. The van der Waals surface area contributed by atoms with E-state index < -0.39 is 5.97 Å². The number of allylic oxidation sites excluding steroid dienone is 1. The summed E-state index contributed by atoms with van der Waals surface area (Å²) in [4.78, 5) is 33.2. The highest BCUT2D eigenvalue weighted by molar-refractivity contribution is 5.89. The molecule has 144 valence electrons. The van der Waals surface area contributed by atoms with Crippen LogP contribution in [0, 0.1) is 0 Å². The lowest BCUT2D eigenvalue weighted by Crippen LogP contribution is -2.13. The van der Waals surface area contributed by atoms with Crippen molar-refractivity contribution in [3.8, 4) is 0 Å². The van der Waals surface area contributed by atoms with E-state index in [1.807, 2.05) is 6.92 Å². The number of ketones is 1. The van der Waals surface area contributed by atoms with Crippen molar-refractivity contribution in [1.82, 2.24) is 0 Å². The molecule has 0 radical (unpaired) electrons. The molecule has 0 saturated heterocycles. The van der Waals surface area contributed by atoms with Gasteiger partial charge in [-0.15, -0.1) is 0 Å². The summed E-state index contributed by atoms with van der Waals surface area (Å²) in [7, 11) is 0. The van der Waals surface area contributed by atoms with E-state index in [0.717, 1.165) is 64.2 Å². The number of carboxylic acid groups (broad SMARTS) is 1. The van der Waals surface area contributed by atoms with Crippen molar-refractivity contribution in [2.24, 2.45) is 0 Å². The Hall–Kier alpha value is -1.65. The predicted octanol–water partition coefficient (Wildman–Crippen LogP) is 4.83. The van der Waals surface area contributed by atoms with Crippen LogP contribution in [0.25, 0.3) is 0 Å². The highest BCUT2D eigenvalue weighted by Gasteiger charge is 2.07. The summed E-state index contributed by atoms with van der Waals surface area (Å²) in [6, 6.07) is 0. The molecule has 5 heteroatoms. The van der Waals surface area contributed by atoms with Crippen molar-refractivity contribution in [2.75, 3.05) is 0 Å². The van der Waals surface area contributed by atoms with Crippen LogP contribution in [-0.2, 0) is 19.1 Å². The Kier molecular flexibility index (Phi) is 14.8. The molecule has 0 rings (SSSR count). The van der Waals surface area contributed by atoms with Crippen LogP contribution in [0.5, 0.6) is 0 Å². The molecule has 0 bridgehead atoms. The number of hydrogen-bond acceptors (Lipinski definition) is 4. The Labute approximate surface area is 151 Å². The number of rotatable bonds is 16. The molecule has 0 saturated carbocycles. The molecule has 0 amide bonds. The lowest BCUT2D eigenvalue weighted by molar-refractivity contribution is -0.144. The fourth-order valence-corrected chi connectivity index (χ4v) is 2.63. The SMILES string of the molecule is CCC[C@@H](/C=C/C(=O)CCCCCCCCCCC(=O)O)OC(C)=O. The Morgan fingerprint density at radius 2 is 1.44 bits per heavy atom.